The number of methoxy groups -OCH3 is 2. The zero-order valence-corrected chi connectivity index (χ0v) is 18.3. The fourth-order valence-corrected chi connectivity index (χ4v) is 4.86. The summed E-state index contributed by atoms with van der Waals surface area (Å²) in [7, 11) is -0.812. The van der Waals surface area contributed by atoms with Gasteiger partial charge in [0.25, 0.3) is 10.0 Å². The van der Waals surface area contributed by atoms with E-state index in [4.69, 9.17) is 9.47 Å². The van der Waals surface area contributed by atoms with E-state index in [-0.39, 0.29) is 11.6 Å². The largest absolute Gasteiger partial charge is 0.497 e. The lowest BCUT2D eigenvalue weighted by atomic mass is 10.2. The van der Waals surface area contributed by atoms with E-state index in [0.29, 0.717) is 22.2 Å². The van der Waals surface area contributed by atoms with Gasteiger partial charge in [-0.3, -0.25) is 0 Å². The number of anilines is 1. The standard InChI is InChI=1S/C17H16IN3O4S2/c1-24-14-5-3-12(15(9-14)25-2)11-21(17-19-7-8-26-17)27(22,23)16-6-4-13(18)10-20-16/h3-10H,11H2,1-2H3. The molecule has 0 aliphatic carbocycles. The normalized spacial score (nSPS) is 11.2. The van der Waals surface area contributed by atoms with Crippen molar-refractivity contribution in [3.05, 3.63) is 57.2 Å². The molecule has 0 bridgehead atoms. The van der Waals surface area contributed by atoms with Crippen molar-refractivity contribution in [3.8, 4) is 11.5 Å². The molecule has 0 N–H and O–H groups in total. The van der Waals surface area contributed by atoms with Gasteiger partial charge in [0, 0.05) is 33.0 Å². The van der Waals surface area contributed by atoms with Crippen LogP contribution < -0.4 is 13.8 Å². The molecule has 3 rings (SSSR count). The van der Waals surface area contributed by atoms with Crippen LogP contribution in [0.3, 0.4) is 0 Å². The fourth-order valence-electron chi connectivity index (χ4n) is 2.36. The summed E-state index contributed by atoms with van der Waals surface area (Å²) < 4.78 is 39.2. The van der Waals surface area contributed by atoms with E-state index >= 15 is 0 Å². The van der Waals surface area contributed by atoms with Gasteiger partial charge in [-0.2, -0.15) is 8.42 Å². The van der Waals surface area contributed by atoms with Crippen LogP contribution in [0.5, 0.6) is 11.5 Å². The summed E-state index contributed by atoms with van der Waals surface area (Å²) in [6.07, 6.45) is 3.08. The van der Waals surface area contributed by atoms with Crippen LogP contribution in [-0.4, -0.2) is 32.6 Å². The Kier molecular flexibility index (Phi) is 6.17. The second-order valence-electron chi connectivity index (χ2n) is 5.32. The van der Waals surface area contributed by atoms with Crippen molar-refractivity contribution in [2.75, 3.05) is 18.5 Å². The molecule has 0 radical (unpaired) electrons. The van der Waals surface area contributed by atoms with E-state index in [1.807, 2.05) is 0 Å². The Labute approximate surface area is 175 Å². The SMILES string of the molecule is COc1ccc(CN(c2nccs2)S(=O)(=O)c2ccc(I)cn2)c(OC)c1. The molecule has 0 spiro atoms. The number of hydrogen-bond donors (Lipinski definition) is 0. The highest BCUT2D eigenvalue weighted by molar-refractivity contribution is 14.1. The van der Waals surface area contributed by atoms with Crippen LogP contribution in [0.1, 0.15) is 5.56 Å². The van der Waals surface area contributed by atoms with Gasteiger partial charge in [0.2, 0.25) is 0 Å². The van der Waals surface area contributed by atoms with Gasteiger partial charge in [-0.05, 0) is 46.9 Å². The van der Waals surface area contributed by atoms with Crippen LogP contribution in [0.25, 0.3) is 0 Å². The van der Waals surface area contributed by atoms with E-state index in [2.05, 4.69) is 32.6 Å². The molecule has 0 saturated carbocycles. The molecule has 0 aliphatic rings. The molecule has 0 atom stereocenters. The third kappa shape index (κ3) is 4.33. The molecule has 2 heterocycles. The number of pyridine rings is 1. The molecule has 0 unspecified atom stereocenters. The zero-order valence-electron chi connectivity index (χ0n) is 14.5. The van der Waals surface area contributed by atoms with Crippen LogP contribution >= 0.6 is 33.9 Å². The summed E-state index contributed by atoms with van der Waals surface area (Å²) in [5, 5.41) is 2.05. The minimum atomic E-state index is -3.90. The summed E-state index contributed by atoms with van der Waals surface area (Å²) in [6.45, 7) is 0.0523. The van der Waals surface area contributed by atoms with Gasteiger partial charge in [-0.25, -0.2) is 14.3 Å². The molecule has 0 aliphatic heterocycles. The van der Waals surface area contributed by atoms with Crippen molar-refractivity contribution in [1.29, 1.82) is 0 Å². The molecule has 0 amide bonds. The molecule has 1 aromatic carbocycles. The molecule has 2 aromatic heterocycles. The smallest absolute Gasteiger partial charge is 0.283 e. The molecule has 10 heteroatoms. The van der Waals surface area contributed by atoms with Gasteiger partial charge >= 0.3 is 0 Å². The summed E-state index contributed by atoms with van der Waals surface area (Å²) >= 11 is 3.31. The van der Waals surface area contributed by atoms with Gasteiger partial charge < -0.3 is 9.47 Å². The Morgan fingerprint density at radius 2 is 1.96 bits per heavy atom. The van der Waals surface area contributed by atoms with Crippen LogP contribution in [0.2, 0.25) is 0 Å². The average Bonchev–Trinajstić information content (AvgIpc) is 3.20. The Morgan fingerprint density at radius 1 is 1.15 bits per heavy atom. The molecular weight excluding hydrogens is 501 g/mol. The lowest BCUT2D eigenvalue weighted by Crippen LogP contribution is -2.31. The Balaban J connectivity index is 2.04. The van der Waals surface area contributed by atoms with Crippen molar-refractivity contribution in [2.24, 2.45) is 0 Å². The third-order valence-electron chi connectivity index (χ3n) is 3.70. The highest BCUT2D eigenvalue weighted by atomic mass is 127. The Morgan fingerprint density at radius 3 is 2.56 bits per heavy atom. The molecule has 142 valence electrons. The van der Waals surface area contributed by atoms with Gasteiger partial charge in [-0.15, -0.1) is 11.3 Å². The number of thiazole rings is 1. The second kappa shape index (κ2) is 8.40. The first-order valence-electron chi connectivity index (χ1n) is 7.70. The topological polar surface area (TPSA) is 81.6 Å². The lowest BCUT2D eigenvalue weighted by Gasteiger charge is -2.22. The fraction of sp³-hybridized carbons (Fsp3) is 0.176. The van der Waals surface area contributed by atoms with Gasteiger partial charge in [-0.1, -0.05) is 0 Å². The number of rotatable bonds is 7. The van der Waals surface area contributed by atoms with Crippen LogP contribution in [0, 0.1) is 3.57 Å². The number of halogens is 1. The number of ether oxygens (including phenoxy) is 2. The van der Waals surface area contributed by atoms with Crippen molar-refractivity contribution in [1.82, 2.24) is 9.97 Å². The lowest BCUT2D eigenvalue weighted by molar-refractivity contribution is 0.391. The number of benzene rings is 1. The first kappa shape index (κ1) is 19.8. The monoisotopic (exact) mass is 517 g/mol. The Hall–Kier alpha value is -1.92. The maximum absolute atomic E-state index is 13.2. The molecule has 27 heavy (non-hydrogen) atoms. The molecule has 3 aromatic rings. The van der Waals surface area contributed by atoms with E-state index < -0.39 is 10.0 Å². The predicted octanol–water partition coefficient (Wildman–Crippen LogP) is 3.56. The minimum absolute atomic E-state index is 0.0365. The van der Waals surface area contributed by atoms with E-state index in [0.717, 1.165) is 3.57 Å². The zero-order chi connectivity index (χ0) is 19.4. The van der Waals surface area contributed by atoms with E-state index in [1.165, 1.54) is 35.0 Å². The van der Waals surface area contributed by atoms with Crippen LogP contribution in [0.4, 0.5) is 5.13 Å². The maximum atomic E-state index is 13.2. The highest BCUT2D eigenvalue weighted by Gasteiger charge is 2.29. The van der Waals surface area contributed by atoms with Crippen molar-refractivity contribution >= 4 is 49.1 Å². The molecule has 7 nitrogen and oxygen atoms in total. The highest BCUT2D eigenvalue weighted by Crippen LogP contribution is 2.31. The van der Waals surface area contributed by atoms with Crippen LogP contribution in [0.15, 0.2) is 53.1 Å². The quantitative estimate of drug-likeness (QED) is 0.446. The van der Waals surface area contributed by atoms with E-state index in [1.54, 1.807) is 43.0 Å². The number of hydrogen-bond acceptors (Lipinski definition) is 7. The Bertz CT molecular complexity index is 1010. The number of aromatic nitrogens is 2. The number of sulfonamides is 1. The van der Waals surface area contributed by atoms with Crippen molar-refractivity contribution < 1.29 is 17.9 Å². The van der Waals surface area contributed by atoms with E-state index in [9.17, 15) is 8.42 Å². The maximum Gasteiger partial charge on any atom is 0.283 e. The van der Waals surface area contributed by atoms with Crippen molar-refractivity contribution in [3.63, 3.8) is 0 Å². The summed E-state index contributed by atoms with van der Waals surface area (Å²) in [5.41, 5.74) is 0.683. The number of nitrogens with zero attached hydrogens (tertiary/aromatic N) is 3. The summed E-state index contributed by atoms with van der Waals surface area (Å²) in [5.74, 6) is 1.15. The summed E-state index contributed by atoms with van der Waals surface area (Å²) in [4.78, 5) is 8.26. The predicted molar refractivity (Wildman–Crippen MR) is 112 cm³/mol. The average molecular weight is 517 g/mol. The third-order valence-corrected chi connectivity index (χ3v) is 6.90. The molecular formula is C17H16IN3O4S2. The second-order valence-corrected chi connectivity index (χ2v) is 9.25. The molecule has 0 fully saturated rings. The van der Waals surface area contributed by atoms with Crippen molar-refractivity contribution in [2.45, 2.75) is 11.6 Å². The van der Waals surface area contributed by atoms with Gasteiger partial charge in [0.05, 0.1) is 20.8 Å². The van der Waals surface area contributed by atoms with Crippen LogP contribution in [-0.2, 0) is 16.6 Å². The van der Waals surface area contributed by atoms with Gasteiger partial charge in [0.1, 0.15) is 11.5 Å². The summed E-state index contributed by atoms with van der Waals surface area (Å²) in [6, 6.07) is 8.44. The van der Waals surface area contributed by atoms with Gasteiger partial charge in [0.15, 0.2) is 10.2 Å². The first-order valence-corrected chi connectivity index (χ1v) is 11.1. The molecule has 0 saturated heterocycles. The minimum Gasteiger partial charge on any atom is -0.497 e. The first-order chi connectivity index (χ1) is 13.0.